The second-order valence-electron chi connectivity index (χ2n) is 7.91. The molecule has 0 saturated heterocycles. The molecule has 1 saturated carbocycles. The Morgan fingerprint density at radius 1 is 1.27 bits per heavy atom. The summed E-state index contributed by atoms with van der Waals surface area (Å²) in [4.78, 5) is 8.64. The number of aryl methyl sites for hydroxylation is 1. The van der Waals surface area contributed by atoms with E-state index in [1.54, 1.807) is 30.0 Å². The molecular formula is C21H22ClFN4O3. The standard InChI is InChI=1S/C21H22ClFN4O3/c1-10-25-8-13-14(22)9-27(21(13)26-10)16-6-18(20(29)19(16)28)30-17-3-2-15(23)11-4-5-24-7-12(11)17/h2-3,8-9,16,18-20,24,28-29H,4-7H2,1H3/t16-,18+,19+,20-/m1/s1. The molecule has 4 atom stereocenters. The van der Waals surface area contributed by atoms with Gasteiger partial charge in [0.05, 0.1) is 16.5 Å². The van der Waals surface area contributed by atoms with E-state index in [-0.39, 0.29) is 5.82 Å². The smallest absolute Gasteiger partial charge is 0.145 e. The van der Waals surface area contributed by atoms with Gasteiger partial charge in [-0.2, -0.15) is 0 Å². The van der Waals surface area contributed by atoms with Crippen molar-refractivity contribution in [2.45, 2.75) is 50.7 Å². The highest BCUT2D eigenvalue weighted by Gasteiger charge is 2.45. The highest BCUT2D eigenvalue weighted by Crippen LogP contribution is 2.39. The molecule has 1 aromatic carbocycles. The van der Waals surface area contributed by atoms with Gasteiger partial charge in [-0.25, -0.2) is 14.4 Å². The maximum atomic E-state index is 14.2. The third-order valence-electron chi connectivity index (χ3n) is 6.06. The van der Waals surface area contributed by atoms with E-state index in [4.69, 9.17) is 16.3 Å². The Balaban J connectivity index is 1.46. The Kier molecular flexibility index (Phi) is 4.89. The number of nitrogens with one attached hydrogen (secondary N) is 1. The molecule has 1 aliphatic carbocycles. The Morgan fingerprint density at radius 3 is 2.93 bits per heavy atom. The van der Waals surface area contributed by atoms with Crippen molar-refractivity contribution in [3.8, 4) is 5.75 Å². The predicted octanol–water partition coefficient (Wildman–Crippen LogP) is 2.29. The monoisotopic (exact) mass is 432 g/mol. The summed E-state index contributed by atoms with van der Waals surface area (Å²) in [6.07, 6.45) is 1.47. The van der Waals surface area contributed by atoms with Crippen LogP contribution < -0.4 is 10.1 Å². The van der Waals surface area contributed by atoms with Crippen LogP contribution in [0.5, 0.6) is 5.75 Å². The molecule has 3 N–H and O–H groups in total. The third-order valence-corrected chi connectivity index (χ3v) is 6.36. The van der Waals surface area contributed by atoms with Crippen molar-refractivity contribution in [3.63, 3.8) is 0 Å². The fraction of sp³-hybridized carbons (Fsp3) is 0.429. The van der Waals surface area contributed by atoms with E-state index < -0.39 is 24.4 Å². The molecule has 5 rings (SSSR count). The Hall–Kier alpha value is -2.26. The van der Waals surface area contributed by atoms with Crippen LogP contribution in [-0.4, -0.2) is 49.6 Å². The number of halogens is 2. The van der Waals surface area contributed by atoms with Gasteiger partial charge in [0, 0.05) is 30.9 Å². The summed E-state index contributed by atoms with van der Waals surface area (Å²) in [5.41, 5.74) is 2.02. The molecular weight excluding hydrogens is 411 g/mol. The largest absolute Gasteiger partial charge is 0.487 e. The molecule has 3 aromatic rings. The van der Waals surface area contributed by atoms with Crippen LogP contribution in [0.1, 0.15) is 29.4 Å². The lowest BCUT2D eigenvalue weighted by atomic mass is 9.99. The van der Waals surface area contributed by atoms with Crippen molar-refractivity contribution in [1.82, 2.24) is 19.9 Å². The highest BCUT2D eigenvalue weighted by molar-refractivity contribution is 6.35. The minimum absolute atomic E-state index is 0.243. The molecule has 9 heteroatoms. The summed E-state index contributed by atoms with van der Waals surface area (Å²) in [6.45, 7) is 3.00. The molecule has 30 heavy (non-hydrogen) atoms. The number of benzene rings is 1. The quantitative estimate of drug-likeness (QED) is 0.588. The summed E-state index contributed by atoms with van der Waals surface area (Å²) in [6, 6.07) is 2.52. The van der Waals surface area contributed by atoms with Crippen LogP contribution in [0.25, 0.3) is 11.0 Å². The van der Waals surface area contributed by atoms with Gasteiger partial charge in [0.1, 0.15) is 41.4 Å². The average molecular weight is 433 g/mol. The van der Waals surface area contributed by atoms with Gasteiger partial charge in [0.15, 0.2) is 0 Å². The number of hydrogen-bond donors (Lipinski definition) is 3. The lowest BCUT2D eigenvalue weighted by Crippen LogP contribution is -2.35. The zero-order valence-corrected chi connectivity index (χ0v) is 17.1. The van der Waals surface area contributed by atoms with Gasteiger partial charge in [0.25, 0.3) is 0 Å². The van der Waals surface area contributed by atoms with Crippen LogP contribution in [0.3, 0.4) is 0 Å². The number of rotatable bonds is 3. The minimum Gasteiger partial charge on any atom is -0.487 e. The van der Waals surface area contributed by atoms with E-state index in [0.717, 1.165) is 5.56 Å². The van der Waals surface area contributed by atoms with Gasteiger partial charge in [-0.15, -0.1) is 0 Å². The second-order valence-corrected chi connectivity index (χ2v) is 8.32. The first-order valence-corrected chi connectivity index (χ1v) is 10.3. The lowest BCUT2D eigenvalue weighted by Gasteiger charge is -2.24. The topological polar surface area (TPSA) is 92.4 Å². The van der Waals surface area contributed by atoms with E-state index >= 15 is 0 Å². The van der Waals surface area contributed by atoms with Gasteiger partial charge < -0.3 is 24.8 Å². The van der Waals surface area contributed by atoms with Crippen LogP contribution >= 0.6 is 11.6 Å². The number of aliphatic hydroxyl groups excluding tert-OH is 2. The van der Waals surface area contributed by atoms with Crippen molar-refractivity contribution in [3.05, 3.63) is 52.3 Å². The van der Waals surface area contributed by atoms with Crippen LogP contribution in [0.4, 0.5) is 4.39 Å². The number of aromatic nitrogens is 3. The molecule has 0 radical (unpaired) electrons. The number of aliphatic hydroxyl groups is 2. The third kappa shape index (κ3) is 3.15. The molecule has 0 unspecified atom stereocenters. The average Bonchev–Trinajstić information content (AvgIpc) is 3.21. The van der Waals surface area contributed by atoms with Crippen LogP contribution in [0.15, 0.2) is 24.5 Å². The molecule has 158 valence electrons. The molecule has 3 heterocycles. The van der Waals surface area contributed by atoms with Crippen molar-refractivity contribution in [1.29, 1.82) is 0 Å². The number of nitrogens with zero attached hydrogens (tertiary/aromatic N) is 3. The van der Waals surface area contributed by atoms with E-state index in [9.17, 15) is 14.6 Å². The van der Waals surface area contributed by atoms with Gasteiger partial charge in [-0.1, -0.05) is 11.6 Å². The van der Waals surface area contributed by atoms with Crippen LogP contribution in [0.2, 0.25) is 5.02 Å². The first-order chi connectivity index (χ1) is 14.4. The van der Waals surface area contributed by atoms with E-state index in [0.29, 0.717) is 59.1 Å². The summed E-state index contributed by atoms with van der Waals surface area (Å²) in [5, 5.41) is 25.9. The SMILES string of the molecule is Cc1ncc2c(Cl)cn([C@@H]3C[C@H](Oc4ccc(F)c5c4CNCC5)[C@@H](O)[C@H]3O)c2n1. The van der Waals surface area contributed by atoms with Gasteiger partial charge in [-0.05, 0) is 37.6 Å². The molecule has 1 aliphatic heterocycles. The molecule has 0 amide bonds. The van der Waals surface area contributed by atoms with E-state index in [2.05, 4.69) is 15.3 Å². The molecule has 0 spiro atoms. The zero-order chi connectivity index (χ0) is 21.0. The normalized spacial score (nSPS) is 26.2. The molecule has 2 aromatic heterocycles. The minimum atomic E-state index is -1.11. The zero-order valence-electron chi connectivity index (χ0n) is 16.3. The number of fused-ring (bicyclic) bond motifs is 2. The van der Waals surface area contributed by atoms with Gasteiger partial charge in [-0.3, -0.25) is 0 Å². The Bertz CT molecular complexity index is 1120. The fourth-order valence-corrected chi connectivity index (χ4v) is 4.74. The summed E-state index contributed by atoms with van der Waals surface area (Å²) in [7, 11) is 0. The van der Waals surface area contributed by atoms with Crippen LogP contribution in [-0.2, 0) is 13.0 Å². The lowest BCUT2D eigenvalue weighted by molar-refractivity contribution is -0.0166. The maximum Gasteiger partial charge on any atom is 0.145 e. The number of hydrogen-bond acceptors (Lipinski definition) is 6. The fourth-order valence-electron chi connectivity index (χ4n) is 4.50. The first kappa shape index (κ1) is 19.7. The summed E-state index contributed by atoms with van der Waals surface area (Å²) >= 11 is 6.33. The summed E-state index contributed by atoms with van der Waals surface area (Å²) < 4.78 is 22.1. The molecule has 7 nitrogen and oxygen atoms in total. The highest BCUT2D eigenvalue weighted by atomic mass is 35.5. The maximum absolute atomic E-state index is 14.2. The van der Waals surface area contributed by atoms with E-state index in [1.165, 1.54) is 6.07 Å². The first-order valence-electron chi connectivity index (χ1n) is 9.97. The van der Waals surface area contributed by atoms with Gasteiger partial charge in [0.2, 0.25) is 0 Å². The predicted molar refractivity (Wildman–Crippen MR) is 109 cm³/mol. The molecule has 1 fully saturated rings. The second kappa shape index (κ2) is 7.46. The van der Waals surface area contributed by atoms with Crippen molar-refractivity contribution in [2.24, 2.45) is 0 Å². The van der Waals surface area contributed by atoms with E-state index in [1.807, 2.05) is 0 Å². The van der Waals surface area contributed by atoms with Crippen molar-refractivity contribution >= 4 is 22.6 Å². The molecule has 2 aliphatic rings. The Labute approximate surface area is 177 Å². The summed E-state index contributed by atoms with van der Waals surface area (Å²) in [5.74, 6) is 0.876. The number of ether oxygens (including phenoxy) is 1. The van der Waals surface area contributed by atoms with Crippen LogP contribution in [0, 0.1) is 12.7 Å². The Morgan fingerprint density at radius 2 is 2.10 bits per heavy atom. The van der Waals surface area contributed by atoms with Crippen molar-refractivity contribution in [2.75, 3.05) is 6.54 Å². The van der Waals surface area contributed by atoms with Crippen molar-refractivity contribution < 1.29 is 19.3 Å². The molecule has 0 bridgehead atoms. The van der Waals surface area contributed by atoms with Gasteiger partial charge >= 0.3 is 0 Å².